The summed E-state index contributed by atoms with van der Waals surface area (Å²) < 4.78 is 5.71. The molecule has 0 bridgehead atoms. The largest absolute Gasteiger partial charge is 0.424 e. The minimum absolute atomic E-state index is 0.261. The van der Waals surface area contributed by atoms with Gasteiger partial charge in [0.25, 0.3) is 0 Å². The molecule has 1 aromatic heterocycles. The Morgan fingerprint density at radius 1 is 1.20 bits per heavy atom. The molecule has 3 rings (SSSR count). The van der Waals surface area contributed by atoms with E-state index < -0.39 is 6.10 Å². The number of hydrogen-bond acceptors (Lipinski definition) is 6. The Balaban J connectivity index is 1.51. The van der Waals surface area contributed by atoms with Crippen LogP contribution in [0.25, 0.3) is 0 Å². The summed E-state index contributed by atoms with van der Waals surface area (Å²) in [6.45, 7) is 10.5. The van der Waals surface area contributed by atoms with Crippen molar-refractivity contribution in [2.24, 2.45) is 0 Å². The molecule has 0 saturated carbocycles. The van der Waals surface area contributed by atoms with Crippen LogP contribution in [0.3, 0.4) is 0 Å². The molecule has 1 aromatic carbocycles. The van der Waals surface area contributed by atoms with Gasteiger partial charge < -0.3 is 9.52 Å². The first kappa shape index (κ1) is 18.0. The smallest absolute Gasteiger partial charge is 0.230 e. The molecule has 1 aliphatic rings. The standard InChI is InChI=1S/C19H28N4O2/c1-14(2)19-21-20-18(25-19)13-22-9-10-23(15(3)11-22)12-17(24)16-7-5-4-6-8-16/h4-8,14-15,17,24H,9-13H2,1-3H3/t15-,17+/m1/s1. The number of hydrogen-bond donors (Lipinski definition) is 1. The first-order chi connectivity index (χ1) is 12.0. The minimum Gasteiger partial charge on any atom is -0.424 e. The number of aliphatic hydroxyl groups excluding tert-OH is 1. The fourth-order valence-corrected chi connectivity index (χ4v) is 3.24. The van der Waals surface area contributed by atoms with E-state index in [1.54, 1.807) is 0 Å². The van der Waals surface area contributed by atoms with Crippen LogP contribution < -0.4 is 0 Å². The molecule has 0 amide bonds. The monoisotopic (exact) mass is 344 g/mol. The van der Waals surface area contributed by atoms with E-state index in [1.807, 2.05) is 30.3 Å². The highest BCUT2D eigenvalue weighted by Crippen LogP contribution is 2.19. The number of piperazine rings is 1. The van der Waals surface area contributed by atoms with Crippen LogP contribution in [0.4, 0.5) is 0 Å². The van der Waals surface area contributed by atoms with Gasteiger partial charge in [-0.3, -0.25) is 9.80 Å². The lowest BCUT2D eigenvalue weighted by atomic mass is 10.1. The predicted molar refractivity (Wildman–Crippen MR) is 96.1 cm³/mol. The Morgan fingerprint density at radius 3 is 2.60 bits per heavy atom. The highest BCUT2D eigenvalue weighted by molar-refractivity contribution is 5.17. The van der Waals surface area contributed by atoms with Gasteiger partial charge in [0.15, 0.2) is 0 Å². The quantitative estimate of drug-likeness (QED) is 0.868. The van der Waals surface area contributed by atoms with Crippen LogP contribution in [0.2, 0.25) is 0 Å². The highest BCUT2D eigenvalue weighted by Gasteiger charge is 2.26. The van der Waals surface area contributed by atoms with Crippen molar-refractivity contribution in [3.63, 3.8) is 0 Å². The summed E-state index contributed by atoms with van der Waals surface area (Å²) in [5.74, 6) is 1.65. The SMILES string of the molecule is CC(C)c1nnc(CN2CCN(C[C@H](O)c3ccccc3)[C@H](C)C2)o1. The lowest BCUT2D eigenvalue weighted by molar-refractivity contribution is 0.0333. The molecular formula is C19H28N4O2. The van der Waals surface area contributed by atoms with Crippen molar-refractivity contribution < 1.29 is 9.52 Å². The Kier molecular flexibility index (Phi) is 5.83. The van der Waals surface area contributed by atoms with Crippen molar-refractivity contribution in [2.45, 2.75) is 45.4 Å². The van der Waals surface area contributed by atoms with E-state index in [0.717, 1.165) is 25.2 Å². The Morgan fingerprint density at radius 2 is 1.96 bits per heavy atom. The summed E-state index contributed by atoms with van der Waals surface area (Å²) in [6.07, 6.45) is -0.445. The Bertz CT molecular complexity index is 658. The maximum absolute atomic E-state index is 10.5. The second kappa shape index (κ2) is 8.08. The van der Waals surface area contributed by atoms with Crippen molar-refractivity contribution in [3.05, 3.63) is 47.7 Å². The van der Waals surface area contributed by atoms with Crippen LogP contribution in [0, 0.1) is 0 Å². The van der Waals surface area contributed by atoms with Crippen molar-refractivity contribution in [1.82, 2.24) is 20.0 Å². The minimum atomic E-state index is -0.445. The molecule has 6 nitrogen and oxygen atoms in total. The molecule has 6 heteroatoms. The van der Waals surface area contributed by atoms with Gasteiger partial charge in [-0.25, -0.2) is 0 Å². The van der Waals surface area contributed by atoms with E-state index in [1.165, 1.54) is 0 Å². The van der Waals surface area contributed by atoms with Crippen LogP contribution in [0.5, 0.6) is 0 Å². The Labute approximate surface area is 149 Å². The summed E-state index contributed by atoms with van der Waals surface area (Å²) >= 11 is 0. The zero-order valence-corrected chi connectivity index (χ0v) is 15.3. The van der Waals surface area contributed by atoms with Gasteiger partial charge in [0.2, 0.25) is 11.8 Å². The summed E-state index contributed by atoms with van der Waals surface area (Å²) in [5.41, 5.74) is 0.976. The van der Waals surface area contributed by atoms with Crippen molar-refractivity contribution >= 4 is 0 Å². The number of nitrogens with zero attached hydrogens (tertiary/aromatic N) is 4. The van der Waals surface area contributed by atoms with Crippen molar-refractivity contribution in [3.8, 4) is 0 Å². The van der Waals surface area contributed by atoms with E-state index in [9.17, 15) is 5.11 Å². The maximum Gasteiger partial charge on any atom is 0.230 e. The van der Waals surface area contributed by atoms with Crippen LogP contribution >= 0.6 is 0 Å². The molecule has 0 aliphatic carbocycles. The zero-order valence-electron chi connectivity index (χ0n) is 15.3. The molecule has 25 heavy (non-hydrogen) atoms. The van der Waals surface area contributed by atoms with E-state index in [-0.39, 0.29) is 5.92 Å². The second-order valence-corrected chi connectivity index (χ2v) is 7.19. The lowest BCUT2D eigenvalue weighted by Gasteiger charge is -2.40. The molecular weight excluding hydrogens is 316 g/mol. The van der Waals surface area contributed by atoms with Crippen LogP contribution in [0.15, 0.2) is 34.7 Å². The molecule has 1 fully saturated rings. The molecule has 0 unspecified atom stereocenters. The average molecular weight is 344 g/mol. The van der Waals surface area contributed by atoms with Crippen molar-refractivity contribution in [2.75, 3.05) is 26.2 Å². The predicted octanol–water partition coefficient (Wildman–Crippen LogP) is 2.43. The summed E-state index contributed by atoms with van der Waals surface area (Å²) in [6, 6.07) is 10.2. The Hall–Kier alpha value is -1.76. The van der Waals surface area contributed by atoms with E-state index in [0.29, 0.717) is 30.9 Å². The van der Waals surface area contributed by atoms with Gasteiger partial charge in [0.1, 0.15) is 0 Å². The summed E-state index contributed by atoms with van der Waals surface area (Å²) in [7, 11) is 0. The van der Waals surface area contributed by atoms with Crippen molar-refractivity contribution in [1.29, 1.82) is 0 Å². The van der Waals surface area contributed by atoms with Gasteiger partial charge in [0.05, 0.1) is 12.6 Å². The first-order valence-electron chi connectivity index (χ1n) is 9.04. The lowest BCUT2D eigenvalue weighted by Crippen LogP contribution is -2.52. The van der Waals surface area contributed by atoms with E-state index in [2.05, 4.69) is 40.8 Å². The van der Waals surface area contributed by atoms with E-state index in [4.69, 9.17) is 4.42 Å². The van der Waals surface area contributed by atoms with Crippen LogP contribution in [-0.2, 0) is 6.54 Å². The van der Waals surface area contributed by atoms with E-state index >= 15 is 0 Å². The third-order valence-electron chi connectivity index (χ3n) is 4.78. The molecule has 1 saturated heterocycles. The fourth-order valence-electron chi connectivity index (χ4n) is 3.24. The molecule has 136 valence electrons. The summed E-state index contributed by atoms with van der Waals surface area (Å²) in [5, 5.41) is 18.7. The van der Waals surface area contributed by atoms with Gasteiger partial charge in [-0.05, 0) is 12.5 Å². The van der Waals surface area contributed by atoms with Gasteiger partial charge in [-0.2, -0.15) is 0 Å². The molecule has 2 heterocycles. The third kappa shape index (κ3) is 4.66. The zero-order chi connectivity index (χ0) is 17.8. The molecule has 2 atom stereocenters. The highest BCUT2D eigenvalue weighted by atomic mass is 16.4. The molecule has 0 spiro atoms. The van der Waals surface area contributed by atoms with Crippen LogP contribution in [-0.4, -0.2) is 57.3 Å². The van der Waals surface area contributed by atoms with Gasteiger partial charge in [-0.1, -0.05) is 44.2 Å². The molecule has 0 radical (unpaired) electrons. The molecule has 1 N–H and O–H groups in total. The molecule has 1 aliphatic heterocycles. The van der Waals surface area contributed by atoms with Gasteiger partial charge in [-0.15, -0.1) is 10.2 Å². The third-order valence-corrected chi connectivity index (χ3v) is 4.78. The fraction of sp³-hybridized carbons (Fsp3) is 0.579. The van der Waals surface area contributed by atoms with Gasteiger partial charge in [0, 0.05) is 38.1 Å². The topological polar surface area (TPSA) is 65.6 Å². The number of aliphatic hydroxyl groups is 1. The maximum atomic E-state index is 10.5. The number of benzene rings is 1. The summed E-state index contributed by atoms with van der Waals surface area (Å²) in [4.78, 5) is 4.69. The normalized spacial score (nSPS) is 20.9. The van der Waals surface area contributed by atoms with Gasteiger partial charge >= 0.3 is 0 Å². The second-order valence-electron chi connectivity index (χ2n) is 7.19. The molecule has 2 aromatic rings. The average Bonchev–Trinajstić information content (AvgIpc) is 3.07. The first-order valence-corrected chi connectivity index (χ1v) is 9.04. The number of β-amino-alcohol motifs (C(OH)–C–C–N with tert-alkyl or cyclic N) is 1. The number of rotatable bonds is 6. The number of aromatic nitrogens is 2. The van der Waals surface area contributed by atoms with Crippen LogP contribution in [0.1, 0.15) is 50.1 Å².